The first-order chi connectivity index (χ1) is 21.9. The lowest BCUT2D eigenvalue weighted by Gasteiger charge is -2.27. The van der Waals surface area contributed by atoms with E-state index in [9.17, 15) is 0 Å². The molecule has 2 aliphatic rings. The molecule has 0 aromatic heterocycles. The summed E-state index contributed by atoms with van der Waals surface area (Å²) in [7, 11) is 0. The minimum atomic E-state index is -0.0959. The lowest BCUT2D eigenvalue weighted by molar-refractivity contribution is 0.312. The van der Waals surface area contributed by atoms with Crippen molar-refractivity contribution in [2.45, 2.75) is 57.8 Å². The highest BCUT2D eigenvalue weighted by Crippen LogP contribution is 2.49. The number of fused-ring (bicyclic) bond motifs is 2. The first-order valence-electron chi connectivity index (χ1n) is 16.3. The van der Waals surface area contributed by atoms with Crippen LogP contribution in [0.3, 0.4) is 0 Å². The van der Waals surface area contributed by atoms with Crippen LogP contribution >= 0.6 is 0 Å². The molecule has 6 rings (SSSR count). The lowest BCUT2D eigenvalue weighted by atomic mass is 9.80. The molecule has 3 nitrogen and oxygen atoms in total. The molecule has 0 saturated carbocycles. The molecule has 0 N–H and O–H groups in total. The van der Waals surface area contributed by atoms with Crippen molar-refractivity contribution in [1.29, 1.82) is 0 Å². The Bertz CT molecular complexity index is 1700. The van der Waals surface area contributed by atoms with E-state index in [-0.39, 0.29) is 10.8 Å². The largest absolute Gasteiger partial charge is 0.494 e. The van der Waals surface area contributed by atoms with Crippen molar-refractivity contribution in [2.24, 2.45) is 0 Å². The molecule has 230 valence electrons. The summed E-state index contributed by atoms with van der Waals surface area (Å²) in [4.78, 5) is 2.50. The molecular weight excluding hydrogens is 550 g/mol. The third kappa shape index (κ3) is 6.35. The monoisotopic (exact) mass is 595 g/mol. The van der Waals surface area contributed by atoms with Gasteiger partial charge in [-0.15, -0.1) is 0 Å². The first-order valence-corrected chi connectivity index (χ1v) is 16.3. The Morgan fingerprint density at radius 1 is 0.622 bits per heavy atom. The summed E-state index contributed by atoms with van der Waals surface area (Å²) in [6.45, 7) is 11.7. The zero-order chi connectivity index (χ0) is 31.3. The average Bonchev–Trinajstić information content (AvgIpc) is 3.41. The zero-order valence-electron chi connectivity index (χ0n) is 27.1. The Morgan fingerprint density at radius 2 is 1.20 bits per heavy atom. The van der Waals surface area contributed by atoms with Crippen LogP contribution in [0.25, 0.3) is 5.57 Å². The SMILES string of the molecule is CC1(C)C(/C=C/C=C2\N(CCCOc3ccccc3)c3ccccc3C2(C)C)=C(CCCOc2ccccc2)c2ccccc21. The summed E-state index contributed by atoms with van der Waals surface area (Å²) in [6.07, 6.45) is 9.89. The number of hydrogen-bond acceptors (Lipinski definition) is 3. The van der Waals surface area contributed by atoms with Crippen LogP contribution in [-0.4, -0.2) is 19.8 Å². The van der Waals surface area contributed by atoms with Gasteiger partial charge in [0, 0.05) is 28.8 Å². The lowest BCUT2D eigenvalue weighted by Crippen LogP contribution is -2.27. The van der Waals surface area contributed by atoms with Gasteiger partial charge in [0.2, 0.25) is 0 Å². The van der Waals surface area contributed by atoms with E-state index in [1.165, 1.54) is 39.2 Å². The molecule has 0 atom stereocenters. The maximum atomic E-state index is 6.06. The fourth-order valence-electron chi connectivity index (χ4n) is 7.04. The fraction of sp³-hybridized carbons (Fsp3) is 0.286. The van der Waals surface area contributed by atoms with E-state index < -0.39 is 0 Å². The highest BCUT2D eigenvalue weighted by molar-refractivity contribution is 5.82. The Kier molecular flexibility index (Phi) is 8.98. The molecule has 0 unspecified atom stereocenters. The minimum Gasteiger partial charge on any atom is -0.494 e. The summed E-state index contributed by atoms with van der Waals surface area (Å²) in [6, 6.07) is 38.0. The summed E-state index contributed by atoms with van der Waals surface area (Å²) in [5.41, 5.74) is 9.46. The first kappa shape index (κ1) is 30.5. The van der Waals surface area contributed by atoms with Gasteiger partial charge in [-0.3, -0.25) is 0 Å². The standard InChI is InChI=1S/C42H45NO2/c1-41(2)36-24-12-11-22-34(36)35(23-16-30-44-32-18-7-5-8-19-32)37(41)26-15-28-40-42(3,4)38-25-13-14-27-39(38)43(40)29-17-31-45-33-20-9-6-10-21-33/h5-15,18-22,24-28H,16-17,23,29-31H2,1-4H3/b26-15+,40-28-. The van der Waals surface area contributed by atoms with Gasteiger partial charge in [-0.2, -0.15) is 0 Å². The van der Waals surface area contributed by atoms with Crippen LogP contribution in [0.5, 0.6) is 11.5 Å². The second kappa shape index (κ2) is 13.2. The molecule has 45 heavy (non-hydrogen) atoms. The topological polar surface area (TPSA) is 21.7 Å². The molecule has 4 aromatic rings. The van der Waals surface area contributed by atoms with Crippen molar-refractivity contribution in [1.82, 2.24) is 0 Å². The van der Waals surface area contributed by atoms with Gasteiger partial charge in [0.25, 0.3) is 0 Å². The number of para-hydroxylation sites is 3. The molecule has 0 fully saturated rings. The number of nitrogens with zero attached hydrogens (tertiary/aromatic N) is 1. The van der Waals surface area contributed by atoms with Crippen LogP contribution in [-0.2, 0) is 10.8 Å². The number of anilines is 1. The van der Waals surface area contributed by atoms with E-state index >= 15 is 0 Å². The van der Waals surface area contributed by atoms with Crippen molar-refractivity contribution < 1.29 is 9.47 Å². The predicted molar refractivity (Wildman–Crippen MR) is 188 cm³/mol. The summed E-state index contributed by atoms with van der Waals surface area (Å²) in [5.74, 6) is 1.86. The smallest absolute Gasteiger partial charge is 0.119 e. The zero-order valence-corrected chi connectivity index (χ0v) is 27.1. The molecular formula is C42H45NO2. The summed E-state index contributed by atoms with van der Waals surface area (Å²) >= 11 is 0. The Morgan fingerprint density at radius 3 is 1.89 bits per heavy atom. The fourth-order valence-corrected chi connectivity index (χ4v) is 7.04. The van der Waals surface area contributed by atoms with Crippen LogP contribution < -0.4 is 14.4 Å². The second-order valence-electron chi connectivity index (χ2n) is 13.0. The van der Waals surface area contributed by atoms with E-state index in [0.29, 0.717) is 13.2 Å². The molecule has 4 aromatic carbocycles. The average molecular weight is 596 g/mol. The van der Waals surface area contributed by atoms with Gasteiger partial charge >= 0.3 is 0 Å². The molecule has 1 heterocycles. The van der Waals surface area contributed by atoms with Crippen molar-refractivity contribution in [3.8, 4) is 11.5 Å². The van der Waals surface area contributed by atoms with E-state index in [2.05, 4.69) is 99.4 Å². The number of allylic oxidation sites excluding steroid dienone is 6. The molecule has 0 saturated heterocycles. The molecule has 3 heteroatoms. The van der Waals surface area contributed by atoms with Gasteiger partial charge in [-0.1, -0.05) is 119 Å². The third-order valence-electron chi connectivity index (χ3n) is 9.36. The van der Waals surface area contributed by atoms with Crippen LogP contribution in [0.1, 0.15) is 63.6 Å². The summed E-state index contributed by atoms with van der Waals surface area (Å²) in [5, 5.41) is 0. The quantitative estimate of drug-likeness (QED) is 0.152. The highest BCUT2D eigenvalue weighted by Gasteiger charge is 2.39. The molecule has 1 aliphatic carbocycles. The predicted octanol–water partition coefficient (Wildman–Crippen LogP) is 10.3. The van der Waals surface area contributed by atoms with Gasteiger partial charge in [-0.25, -0.2) is 0 Å². The molecule has 0 radical (unpaired) electrons. The van der Waals surface area contributed by atoms with Gasteiger partial charge in [0.05, 0.1) is 13.2 Å². The van der Waals surface area contributed by atoms with Gasteiger partial charge in [-0.05, 0) is 83.5 Å². The number of benzene rings is 4. The van der Waals surface area contributed by atoms with Crippen LogP contribution in [0, 0.1) is 0 Å². The normalized spacial score (nSPS) is 17.2. The van der Waals surface area contributed by atoms with Crippen molar-refractivity contribution in [2.75, 3.05) is 24.7 Å². The van der Waals surface area contributed by atoms with E-state index in [0.717, 1.165) is 37.3 Å². The Balaban J connectivity index is 1.24. The van der Waals surface area contributed by atoms with E-state index in [4.69, 9.17) is 9.47 Å². The number of rotatable bonds is 12. The van der Waals surface area contributed by atoms with Gasteiger partial charge < -0.3 is 14.4 Å². The number of ether oxygens (including phenoxy) is 2. The van der Waals surface area contributed by atoms with Gasteiger partial charge in [0.15, 0.2) is 0 Å². The van der Waals surface area contributed by atoms with Crippen molar-refractivity contribution in [3.05, 3.63) is 155 Å². The Labute approximate surface area is 269 Å². The third-order valence-corrected chi connectivity index (χ3v) is 9.36. The van der Waals surface area contributed by atoms with Crippen molar-refractivity contribution in [3.63, 3.8) is 0 Å². The minimum absolute atomic E-state index is 0.0656. The maximum Gasteiger partial charge on any atom is 0.119 e. The van der Waals surface area contributed by atoms with Crippen molar-refractivity contribution >= 4 is 11.3 Å². The van der Waals surface area contributed by atoms with Crippen LogP contribution in [0.15, 0.2) is 139 Å². The second-order valence-corrected chi connectivity index (χ2v) is 13.0. The van der Waals surface area contributed by atoms with E-state index in [1.807, 2.05) is 60.7 Å². The summed E-state index contributed by atoms with van der Waals surface area (Å²) < 4.78 is 12.1. The number of hydrogen-bond donors (Lipinski definition) is 0. The van der Waals surface area contributed by atoms with Crippen LogP contribution in [0.4, 0.5) is 5.69 Å². The maximum absolute atomic E-state index is 6.06. The molecule has 0 spiro atoms. The highest BCUT2D eigenvalue weighted by atomic mass is 16.5. The van der Waals surface area contributed by atoms with Gasteiger partial charge in [0.1, 0.15) is 11.5 Å². The molecule has 0 amide bonds. The van der Waals surface area contributed by atoms with E-state index in [1.54, 1.807) is 0 Å². The molecule has 0 bridgehead atoms. The Hall–Kier alpha value is -4.50. The van der Waals surface area contributed by atoms with Crippen LogP contribution in [0.2, 0.25) is 0 Å². The molecule has 1 aliphatic heterocycles.